The van der Waals surface area contributed by atoms with E-state index in [4.69, 9.17) is 0 Å². The molecule has 0 amide bonds. The number of fused-ring (bicyclic) bond motifs is 2. The van der Waals surface area contributed by atoms with Crippen molar-refractivity contribution in [3.8, 4) is 0 Å². The molecule has 0 aromatic rings. The SMILES string of the molecule is C1CCC2(C1)CCCC21CCCC12CCC2. The molecule has 0 aliphatic heterocycles. The van der Waals surface area contributed by atoms with Crippen LogP contribution in [0, 0.1) is 16.2 Å². The maximum Gasteiger partial charge on any atom is -0.0184 e. The molecule has 90 valence electrons. The smallest absolute Gasteiger partial charge is 0.0184 e. The highest BCUT2D eigenvalue weighted by atomic mass is 14.7. The molecule has 3 spiro atoms. The van der Waals surface area contributed by atoms with Crippen LogP contribution in [0.4, 0.5) is 0 Å². The quantitative estimate of drug-likeness (QED) is 0.532. The zero-order valence-corrected chi connectivity index (χ0v) is 10.7. The highest BCUT2D eigenvalue weighted by molar-refractivity contribution is 5.17. The normalized spacial score (nSPS) is 43.5. The first kappa shape index (κ1) is 9.97. The van der Waals surface area contributed by atoms with E-state index in [-0.39, 0.29) is 0 Å². The number of hydrogen-bond donors (Lipinski definition) is 0. The molecule has 0 heterocycles. The minimum Gasteiger partial charge on any atom is -0.0527 e. The Balaban J connectivity index is 1.78. The monoisotopic (exact) mass is 218 g/mol. The van der Waals surface area contributed by atoms with Gasteiger partial charge in [0.05, 0.1) is 0 Å². The van der Waals surface area contributed by atoms with Crippen molar-refractivity contribution in [3.63, 3.8) is 0 Å². The van der Waals surface area contributed by atoms with Gasteiger partial charge in [0.2, 0.25) is 0 Å². The highest BCUT2D eigenvalue weighted by Crippen LogP contribution is 2.77. The van der Waals surface area contributed by atoms with Crippen molar-refractivity contribution in [3.05, 3.63) is 0 Å². The second-order valence-electron chi connectivity index (χ2n) is 7.41. The van der Waals surface area contributed by atoms with Crippen LogP contribution in [-0.4, -0.2) is 0 Å². The van der Waals surface area contributed by atoms with Gasteiger partial charge in [0.25, 0.3) is 0 Å². The molecule has 0 heteroatoms. The van der Waals surface area contributed by atoms with Crippen LogP contribution in [0.3, 0.4) is 0 Å². The van der Waals surface area contributed by atoms with Crippen molar-refractivity contribution in [2.75, 3.05) is 0 Å². The third-order valence-electron chi connectivity index (χ3n) is 7.42. The molecule has 4 aliphatic carbocycles. The molecule has 0 aromatic carbocycles. The third kappa shape index (κ3) is 0.910. The Kier molecular flexibility index (Phi) is 1.91. The minimum absolute atomic E-state index is 0.851. The van der Waals surface area contributed by atoms with Crippen LogP contribution in [0.2, 0.25) is 0 Å². The van der Waals surface area contributed by atoms with Gasteiger partial charge in [-0.2, -0.15) is 0 Å². The van der Waals surface area contributed by atoms with E-state index < -0.39 is 0 Å². The first-order valence-electron chi connectivity index (χ1n) is 7.83. The first-order valence-corrected chi connectivity index (χ1v) is 7.83. The van der Waals surface area contributed by atoms with Crippen LogP contribution >= 0.6 is 0 Å². The van der Waals surface area contributed by atoms with Gasteiger partial charge in [-0.25, -0.2) is 0 Å². The van der Waals surface area contributed by atoms with Gasteiger partial charge < -0.3 is 0 Å². The van der Waals surface area contributed by atoms with Crippen molar-refractivity contribution in [2.24, 2.45) is 16.2 Å². The Morgan fingerprint density at radius 1 is 0.375 bits per heavy atom. The highest BCUT2D eigenvalue weighted by Gasteiger charge is 2.67. The van der Waals surface area contributed by atoms with E-state index in [1.54, 1.807) is 83.5 Å². The predicted molar refractivity (Wildman–Crippen MR) is 67.3 cm³/mol. The number of hydrogen-bond acceptors (Lipinski definition) is 0. The molecule has 4 rings (SSSR count). The fourth-order valence-corrected chi connectivity index (χ4v) is 6.80. The van der Waals surface area contributed by atoms with Crippen LogP contribution in [0.15, 0.2) is 0 Å². The van der Waals surface area contributed by atoms with Gasteiger partial charge in [-0.15, -0.1) is 0 Å². The van der Waals surface area contributed by atoms with E-state index in [1.165, 1.54) is 0 Å². The molecule has 4 fully saturated rings. The van der Waals surface area contributed by atoms with Gasteiger partial charge in [-0.3, -0.25) is 0 Å². The van der Waals surface area contributed by atoms with Gasteiger partial charge in [-0.1, -0.05) is 32.1 Å². The summed E-state index contributed by atoms with van der Waals surface area (Å²) < 4.78 is 0. The van der Waals surface area contributed by atoms with Gasteiger partial charge >= 0.3 is 0 Å². The van der Waals surface area contributed by atoms with E-state index in [0.717, 1.165) is 16.2 Å². The summed E-state index contributed by atoms with van der Waals surface area (Å²) in [5, 5.41) is 0. The Labute approximate surface area is 100 Å². The lowest BCUT2D eigenvalue weighted by Crippen LogP contribution is -2.49. The second kappa shape index (κ2) is 3.06. The molecule has 0 radical (unpaired) electrons. The first-order chi connectivity index (χ1) is 7.83. The van der Waals surface area contributed by atoms with E-state index in [2.05, 4.69) is 0 Å². The summed E-state index contributed by atoms with van der Waals surface area (Å²) in [6.07, 6.45) is 20.7. The summed E-state index contributed by atoms with van der Waals surface area (Å²) in [5.41, 5.74) is 2.58. The van der Waals surface area contributed by atoms with Crippen LogP contribution in [0.25, 0.3) is 0 Å². The van der Waals surface area contributed by atoms with Crippen molar-refractivity contribution in [1.82, 2.24) is 0 Å². The summed E-state index contributed by atoms with van der Waals surface area (Å²) in [6.45, 7) is 0. The zero-order valence-electron chi connectivity index (χ0n) is 10.7. The van der Waals surface area contributed by atoms with Crippen LogP contribution in [0.1, 0.15) is 83.5 Å². The van der Waals surface area contributed by atoms with Gasteiger partial charge in [0.1, 0.15) is 0 Å². The fraction of sp³-hybridized carbons (Fsp3) is 1.00. The van der Waals surface area contributed by atoms with E-state index in [9.17, 15) is 0 Å². The predicted octanol–water partition coefficient (Wildman–Crippen LogP) is 5.07. The lowest BCUT2D eigenvalue weighted by atomic mass is 9.46. The Hall–Kier alpha value is 0. The summed E-state index contributed by atoms with van der Waals surface area (Å²) in [6, 6.07) is 0. The van der Waals surface area contributed by atoms with Crippen LogP contribution in [-0.2, 0) is 0 Å². The molecule has 0 bridgehead atoms. The third-order valence-corrected chi connectivity index (χ3v) is 7.42. The maximum atomic E-state index is 1.62. The molecule has 4 saturated carbocycles. The second-order valence-corrected chi connectivity index (χ2v) is 7.41. The van der Waals surface area contributed by atoms with Gasteiger partial charge in [-0.05, 0) is 67.6 Å². The van der Waals surface area contributed by atoms with Crippen molar-refractivity contribution in [1.29, 1.82) is 0 Å². The van der Waals surface area contributed by atoms with Crippen molar-refractivity contribution >= 4 is 0 Å². The average molecular weight is 218 g/mol. The zero-order chi connectivity index (χ0) is 10.7. The largest absolute Gasteiger partial charge is 0.0527 e. The lowest BCUT2D eigenvalue weighted by molar-refractivity contribution is -0.0884. The van der Waals surface area contributed by atoms with Crippen LogP contribution in [0.5, 0.6) is 0 Å². The van der Waals surface area contributed by atoms with Gasteiger partial charge in [0.15, 0.2) is 0 Å². The lowest BCUT2D eigenvalue weighted by Gasteiger charge is -2.58. The maximum absolute atomic E-state index is 1.62. The van der Waals surface area contributed by atoms with Gasteiger partial charge in [0, 0.05) is 0 Å². The van der Waals surface area contributed by atoms with E-state index in [0.29, 0.717) is 0 Å². The fourth-order valence-electron chi connectivity index (χ4n) is 6.80. The summed E-state index contributed by atoms with van der Waals surface area (Å²) >= 11 is 0. The molecule has 16 heavy (non-hydrogen) atoms. The molecule has 0 aromatic heterocycles. The van der Waals surface area contributed by atoms with Crippen LogP contribution < -0.4 is 0 Å². The van der Waals surface area contributed by atoms with E-state index >= 15 is 0 Å². The molecule has 1 atom stereocenters. The van der Waals surface area contributed by atoms with Crippen molar-refractivity contribution in [2.45, 2.75) is 83.5 Å². The molecule has 0 saturated heterocycles. The van der Waals surface area contributed by atoms with E-state index in [1.807, 2.05) is 0 Å². The Morgan fingerprint density at radius 2 is 0.750 bits per heavy atom. The molecular weight excluding hydrogens is 192 g/mol. The Morgan fingerprint density at radius 3 is 1.19 bits per heavy atom. The molecule has 0 N–H and O–H groups in total. The topological polar surface area (TPSA) is 0 Å². The average Bonchev–Trinajstić information content (AvgIpc) is 2.89. The summed E-state index contributed by atoms with van der Waals surface area (Å²) in [7, 11) is 0. The molecule has 4 aliphatic rings. The standard InChI is InChI=1S/C16H26/c1-2-7-14(6-1)10-4-12-16(14)13-5-11-15(16)8-3-9-15/h1-13H2. The molecule has 1 unspecified atom stereocenters. The molecular formula is C16H26. The number of rotatable bonds is 0. The van der Waals surface area contributed by atoms with Crippen molar-refractivity contribution < 1.29 is 0 Å². The minimum atomic E-state index is 0.851. The molecule has 0 nitrogen and oxygen atoms in total. The Bertz CT molecular complexity index is 284. The summed E-state index contributed by atoms with van der Waals surface area (Å²) in [5.74, 6) is 0. The summed E-state index contributed by atoms with van der Waals surface area (Å²) in [4.78, 5) is 0.